The van der Waals surface area contributed by atoms with E-state index < -0.39 is 0 Å². The molecule has 6 nitrogen and oxygen atoms in total. The summed E-state index contributed by atoms with van der Waals surface area (Å²) in [5.41, 5.74) is 1.53. The SMILES string of the molecule is CCCNC(=O)C1CCN(C(=O)CSc2nc3ccccc3o2)CC1. The van der Waals surface area contributed by atoms with Gasteiger partial charge in [0.05, 0.1) is 5.75 Å². The molecule has 0 radical (unpaired) electrons. The van der Waals surface area contributed by atoms with Crippen molar-refractivity contribution < 1.29 is 14.0 Å². The van der Waals surface area contributed by atoms with E-state index in [1.807, 2.05) is 36.1 Å². The number of nitrogens with zero attached hydrogens (tertiary/aromatic N) is 2. The van der Waals surface area contributed by atoms with Crippen molar-refractivity contribution in [2.45, 2.75) is 31.4 Å². The summed E-state index contributed by atoms with van der Waals surface area (Å²) in [6.07, 6.45) is 2.40. The van der Waals surface area contributed by atoms with Crippen LogP contribution in [0.25, 0.3) is 11.1 Å². The van der Waals surface area contributed by atoms with Crippen molar-refractivity contribution in [3.8, 4) is 0 Å². The number of likely N-dealkylation sites (tertiary alicyclic amines) is 1. The summed E-state index contributed by atoms with van der Waals surface area (Å²) < 4.78 is 5.62. The number of amides is 2. The van der Waals surface area contributed by atoms with Crippen molar-refractivity contribution in [3.05, 3.63) is 24.3 Å². The number of oxazole rings is 1. The van der Waals surface area contributed by atoms with Crippen LogP contribution in [0.3, 0.4) is 0 Å². The number of aromatic nitrogens is 1. The lowest BCUT2D eigenvalue weighted by atomic mass is 9.96. The third kappa shape index (κ3) is 4.54. The lowest BCUT2D eigenvalue weighted by molar-refractivity contribution is -0.133. The average molecular weight is 361 g/mol. The van der Waals surface area contributed by atoms with Crippen LogP contribution < -0.4 is 5.32 Å². The van der Waals surface area contributed by atoms with Crippen molar-refractivity contribution in [2.24, 2.45) is 5.92 Å². The monoisotopic (exact) mass is 361 g/mol. The lowest BCUT2D eigenvalue weighted by Gasteiger charge is -2.31. The van der Waals surface area contributed by atoms with Crippen LogP contribution in [0.4, 0.5) is 0 Å². The normalized spacial score (nSPS) is 15.5. The summed E-state index contributed by atoms with van der Waals surface area (Å²) in [5, 5.41) is 3.46. The number of hydrogen-bond donors (Lipinski definition) is 1. The summed E-state index contributed by atoms with van der Waals surface area (Å²) in [7, 11) is 0. The molecule has 2 heterocycles. The molecule has 1 aromatic carbocycles. The first-order valence-corrected chi connectivity index (χ1v) is 9.69. The number of carbonyl (C=O) groups excluding carboxylic acids is 2. The highest BCUT2D eigenvalue weighted by atomic mass is 32.2. The number of hydrogen-bond acceptors (Lipinski definition) is 5. The van der Waals surface area contributed by atoms with Gasteiger partial charge in [0.25, 0.3) is 5.22 Å². The zero-order valence-corrected chi connectivity index (χ0v) is 15.2. The number of para-hydroxylation sites is 2. The molecule has 0 atom stereocenters. The molecule has 2 aromatic rings. The van der Waals surface area contributed by atoms with Crippen LogP contribution in [0.2, 0.25) is 0 Å². The molecule has 1 aliphatic heterocycles. The Morgan fingerprint density at radius 2 is 2.08 bits per heavy atom. The van der Waals surface area contributed by atoms with Gasteiger partial charge >= 0.3 is 0 Å². The van der Waals surface area contributed by atoms with Gasteiger partial charge in [-0.3, -0.25) is 9.59 Å². The zero-order valence-electron chi connectivity index (χ0n) is 14.4. The van der Waals surface area contributed by atoms with Gasteiger partial charge in [-0.25, -0.2) is 4.98 Å². The molecule has 0 aliphatic carbocycles. The highest BCUT2D eigenvalue weighted by molar-refractivity contribution is 7.99. The first kappa shape index (κ1) is 17.8. The largest absolute Gasteiger partial charge is 0.431 e. The molecular formula is C18H23N3O3S. The first-order chi connectivity index (χ1) is 12.2. The molecule has 0 unspecified atom stereocenters. The Bertz CT molecular complexity index is 705. The fourth-order valence-electron chi connectivity index (χ4n) is 2.91. The van der Waals surface area contributed by atoms with Crippen LogP contribution in [0.15, 0.2) is 33.9 Å². The third-order valence-corrected chi connectivity index (χ3v) is 5.17. The second kappa shape index (κ2) is 8.38. The molecular weight excluding hydrogens is 338 g/mol. The van der Waals surface area contributed by atoms with Gasteiger partial charge in [-0.15, -0.1) is 0 Å². The van der Waals surface area contributed by atoms with E-state index >= 15 is 0 Å². The predicted molar refractivity (Wildman–Crippen MR) is 97.3 cm³/mol. The lowest BCUT2D eigenvalue weighted by Crippen LogP contribution is -2.43. The standard InChI is InChI=1S/C18H23N3O3S/c1-2-9-19-17(23)13-7-10-21(11-8-13)16(22)12-25-18-20-14-5-3-4-6-15(14)24-18/h3-6,13H,2,7-12H2,1H3,(H,19,23). The Balaban J connectivity index is 1.45. The molecule has 7 heteroatoms. The predicted octanol–water partition coefficient (Wildman–Crippen LogP) is 2.68. The highest BCUT2D eigenvalue weighted by Gasteiger charge is 2.27. The molecule has 0 spiro atoms. The molecule has 1 aliphatic rings. The maximum atomic E-state index is 12.4. The molecule has 134 valence electrons. The second-order valence-corrected chi connectivity index (χ2v) is 7.11. The van der Waals surface area contributed by atoms with Crippen LogP contribution in [-0.4, -0.2) is 47.1 Å². The van der Waals surface area contributed by atoms with Gasteiger partial charge < -0.3 is 14.6 Å². The Hall–Kier alpha value is -2.02. The van der Waals surface area contributed by atoms with Gasteiger partial charge in [-0.1, -0.05) is 30.8 Å². The highest BCUT2D eigenvalue weighted by Crippen LogP contribution is 2.24. The Kier molecular flexibility index (Phi) is 5.96. The number of rotatable bonds is 6. The van der Waals surface area contributed by atoms with Gasteiger partial charge in [0.1, 0.15) is 5.52 Å². The first-order valence-electron chi connectivity index (χ1n) is 8.71. The number of benzene rings is 1. The summed E-state index contributed by atoms with van der Waals surface area (Å²) in [6, 6.07) is 7.56. The number of carbonyl (C=O) groups is 2. The van der Waals surface area contributed by atoms with Gasteiger partial charge in [0.2, 0.25) is 11.8 Å². The summed E-state index contributed by atoms with van der Waals surface area (Å²) in [4.78, 5) is 30.6. The molecule has 1 saturated heterocycles. The van der Waals surface area contributed by atoms with E-state index in [4.69, 9.17) is 4.42 Å². The van der Waals surface area contributed by atoms with E-state index in [-0.39, 0.29) is 17.7 Å². The third-order valence-electron chi connectivity index (χ3n) is 4.36. The van der Waals surface area contributed by atoms with Crippen LogP contribution in [0.5, 0.6) is 0 Å². The minimum Gasteiger partial charge on any atom is -0.431 e. The molecule has 25 heavy (non-hydrogen) atoms. The van der Waals surface area contributed by atoms with E-state index in [1.54, 1.807) is 0 Å². The fourth-order valence-corrected chi connectivity index (χ4v) is 3.65. The molecule has 3 rings (SSSR count). The van der Waals surface area contributed by atoms with Crippen molar-refractivity contribution in [2.75, 3.05) is 25.4 Å². The summed E-state index contributed by atoms with van der Waals surface area (Å²) in [5.74, 6) is 0.522. The van der Waals surface area contributed by atoms with E-state index in [9.17, 15) is 9.59 Å². The number of nitrogens with one attached hydrogen (secondary N) is 1. The quantitative estimate of drug-likeness (QED) is 0.801. The molecule has 1 N–H and O–H groups in total. The average Bonchev–Trinajstić information content (AvgIpc) is 3.07. The van der Waals surface area contributed by atoms with E-state index in [2.05, 4.69) is 10.3 Å². The maximum Gasteiger partial charge on any atom is 0.257 e. The fraction of sp³-hybridized carbons (Fsp3) is 0.500. The topological polar surface area (TPSA) is 75.4 Å². The number of piperidine rings is 1. The summed E-state index contributed by atoms with van der Waals surface area (Å²) >= 11 is 1.32. The van der Waals surface area contributed by atoms with Gasteiger partial charge in [0.15, 0.2) is 5.58 Å². The van der Waals surface area contributed by atoms with E-state index in [0.717, 1.165) is 36.9 Å². The Labute approximate surface area is 151 Å². The molecule has 2 amide bonds. The van der Waals surface area contributed by atoms with Crippen LogP contribution in [-0.2, 0) is 9.59 Å². The van der Waals surface area contributed by atoms with Gasteiger partial charge in [-0.2, -0.15) is 0 Å². The van der Waals surface area contributed by atoms with Gasteiger partial charge in [0, 0.05) is 25.6 Å². The van der Waals surface area contributed by atoms with Gasteiger partial charge in [-0.05, 0) is 31.4 Å². The molecule has 1 aromatic heterocycles. The zero-order chi connectivity index (χ0) is 17.6. The Morgan fingerprint density at radius 1 is 1.32 bits per heavy atom. The van der Waals surface area contributed by atoms with E-state index in [0.29, 0.717) is 24.1 Å². The van der Waals surface area contributed by atoms with Crippen LogP contribution in [0, 0.1) is 5.92 Å². The maximum absolute atomic E-state index is 12.4. The van der Waals surface area contributed by atoms with Crippen molar-refractivity contribution >= 4 is 34.7 Å². The van der Waals surface area contributed by atoms with Crippen LogP contribution in [0.1, 0.15) is 26.2 Å². The molecule has 1 fully saturated rings. The second-order valence-electron chi connectivity index (χ2n) is 6.18. The van der Waals surface area contributed by atoms with Crippen molar-refractivity contribution in [3.63, 3.8) is 0 Å². The van der Waals surface area contributed by atoms with E-state index in [1.165, 1.54) is 11.8 Å². The smallest absolute Gasteiger partial charge is 0.257 e. The van der Waals surface area contributed by atoms with Crippen molar-refractivity contribution in [1.82, 2.24) is 15.2 Å². The Morgan fingerprint density at radius 3 is 2.80 bits per heavy atom. The minimum absolute atomic E-state index is 0.0280. The van der Waals surface area contributed by atoms with Crippen LogP contribution >= 0.6 is 11.8 Å². The molecule has 0 saturated carbocycles. The number of thioether (sulfide) groups is 1. The summed E-state index contributed by atoms with van der Waals surface area (Å²) in [6.45, 7) is 4.03. The van der Waals surface area contributed by atoms with Crippen molar-refractivity contribution in [1.29, 1.82) is 0 Å². The minimum atomic E-state index is 0.0280. The number of fused-ring (bicyclic) bond motifs is 1. The molecule has 0 bridgehead atoms.